The predicted octanol–water partition coefficient (Wildman–Crippen LogP) is 5.29. The number of imide groups is 1. The van der Waals surface area contributed by atoms with Gasteiger partial charge in [0.2, 0.25) is 0 Å². The van der Waals surface area contributed by atoms with E-state index < -0.39 is 23.0 Å². The molecule has 0 spiro atoms. The molecule has 10 heteroatoms. The number of amides is 3. The zero-order valence-corrected chi connectivity index (χ0v) is 19.1. The number of aromatic nitrogens is 1. The van der Waals surface area contributed by atoms with E-state index in [4.69, 9.17) is 0 Å². The van der Waals surface area contributed by atoms with E-state index in [0.717, 1.165) is 29.2 Å². The highest BCUT2D eigenvalue weighted by atomic mass is 32.2. The normalized spacial score (nSPS) is 16.1. The largest absolute Gasteiger partial charge is 0.446 e. The number of nitrogens with zero attached hydrogens (tertiary/aromatic N) is 4. The van der Waals surface area contributed by atoms with Gasteiger partial charge in [0.05, 0.1) is 24.1 Å². The van der Waals surface area contributed by atoms with E-state index in [-0.39, 0.29) is 28.9 Å². The van der Waals surface area contributed by atoms with Gasteiger partial charge in [-0.2, -0.15) is 13.2 Å². The SMILES string of the molecule is CCN(CC)c1cnccc1CN1C(=O)N(c2ccc(SC(F)(F)F)cc2)C(=O)C1(C)C. The van der Waals surface area contributed by atoms with Crippen LogP contribution in [-0.2, 0) is 11.3 Å². The maximum atomic E-state index is 13.3. The predicted molar refractivity (Wildman–Crippen MR) is 119 cm³/mol. The Morgan fingerprint density at radius 3 is 2.25 bits per heavy atom. The molecule has 1 aliphatic heterocycles. The Bertz CT molecular complexity index is 991. The van der Waals surface area contributed by atoms with Gasteiger partial charge in [-0.05, 0) is 75.4 Å². The highest BCUT2D eigenvalue weighted by Crippen LogP contribution is 2.39. The molecule has 3 rings (SSSR count). The fourth-order valence-electron chi connectivity index (χ4n) is 3.69. The lowest BCUT2D eigenvalue weighted by Crippen LogP contribution is -2.44. The maximum Gasteiger partial charge on any atom is 0.446 e. The minimum atomic E-state index is -4.41. The van der Waals surface area contributed by atoms with Crippen LogP contribution in [0.5, 0.6) is 0 Å². The Balaban J connectivity index is 1.90. The molecule has 1 aromatic carbocycles. The molecule has 0 aliphatic carbocycles. The number of rotatable bonds is 7. The van der Waals surface area contributed by atoms with Gasteiger partial charge in [-0.15, -0.1) is 0 Å². The van der Waals surface area contributed by atoms with Gasteiger partial charge >= 0.3 is 11.5 Å². The van der Waals surface area contributed by atoms with Gasteiger partial charge < -0.3 is 9.80 Å². The summed E-state index contributed by atoms with van der Waals surface area (Å²) in [5, 5.41) is 0. The van der Waals surface area contributed by atoms with E-state index in [1.54, 1.807) is 26.2 Å². The average Bonchev–Trinajstić information content (AvgIpc) is 2.89. The quantitative estimate of drug-likeness (QED) is 0.410. The van der Waals surface area contributed by atoms with Gasteiger partial charge in [0.15, 0.2) is 0 Å². The molecule has 1 fully saturated rings. The van der Waals surface area contributed by atoms with Crippen LogP contribution in [-0.4, -0.2) is 46.0 Å². The first-order valence-electron chi connectivity index (χ1n) is 10.2. The van der Waals surface area contributed by atoms with Gasteiger partial charge in [0.25, 0.3) is 5.91 Å². The summed E-state index contributed by atoms with van der Waals surface area (Å²) >= 11 is -0.245. The summed E-state index contributed by atoms with van der Waals surface area (Å²) in [7, 11) is 0. The van der Waals surface area contributed by atoms with E-state index in [1.807, 2.05) is 19.9 Å². The third kappa shape index (κ3) is 4.69. The second-order valence-electron chi connectivity index (χ2n) is 7.79. The number of thioether (sulfide) groups is 1. The lowest BCUT2D eigenvalue weighted by atomic mass is 10.0. The summed E-state index contributed by atoms with van der Waals surface area (Å²) in [5.41, 5.74) is -3.55. The van der Waals surface area contributed by atoms with Crippen molar-refractivity contribution in [2.45, 2.75) is 50.2 Å². The number of hydrogen-bond acceptors (Lipinski definition) is 5. The van der Waals surface area contributed by atoms with Crippen molar-refractivity contribution in [1.82, 2.24) is 9.88 Å². The Hall–Kier alpha value is -2.75. The Kier molecular flexibility index (Phi) is 6.73. The molecule has 0 N–H and O–H groups in total. The summed E-state index contributed by atoms with van der Waals surface area (Å²) in [6.45, 7) is 9.11. The first-order chi connectivity index (χ1) is 15.0. The summed E-state index contributed by atoms with van der Waals surface area (Å²) in [6.07, 6.45) is 3.39. The number of urea groups is 1. The molecule has 6 nitrogen and oxygen atoms in total. The van der Waals surface area contributed by atoms with Crippen LogP contribution >= 0.6 is 11.8 Å². The summed E-state index contributed by atoms with van der Waals surface area (Å²) in [5.74, 6) is -0.433. The maximum absolute atomic E-state index is 13.3. The van der Waals surface area contributed by atoms with Crippen molar-refractivity contribution in [1.29, 1.82) is 0 Å². The monoisotopic (exact) mass is 466 g/mol. The Morgan fingerprint density at radius 2 is 1.69 bits per heavy atom. The van der Waals surface area contributed by atoms with E-state index in [1.165, 1.54) is 29.2 Å². The number of halogens is 3. The van der Waals surface area contributed by atoms with Gasteiger partial charge in [-0.3, -0.25) is 9.78 Å². The van der Waals surface area contributed by atoms with Crippen molar-refractivity contribution >= 4 is 35.1 Å². The second kappa shape index (κ2) is 9.01. The number of alkyl halides is 3. The first-order valence-corrected chi connectivity index (χ1v) is 11.0. The van der Waals surface area contributed by atoms with Crippen molar-refractivity contribution in [2.75, 3.05) is 22.9 Å². The van der Waals surface area contributed by atoms with Crippen LogP contribution in [0.1, 0.15) is 33.3 Å². The molecule has 0 unspecified atom stereocenters. The molecular formula is C22H25F3N4O2S. The minimum Gasteiger partial charge on any atom is -0.371 e. The number of anilines is 2. The van der Waals surface area contributed by atoms with Gasteiger partial charge in [-0.25, -0.2) is 9.69 Å². The third-order valence-electron chi connectivity index (χ3n) is 5.47. The average molecular weight is 467 g/mol. The molecule has 1 saturated heterocycles. The number of carbonyl (C=O) groups is 2. The Morgan fingerprint density at radius 1 is 1.06 bits per heavy atom. The number of pyridine rings is 1. The minimum absolute atomic E-state index is 0.0166. The zero-order chi connectivity index (χ0) is 23.7. The molecule has 0 bridgehead atoms. The molecule has 2 heterocycles. The van der Waals surface area contributed by atoms with Gasteiger partial charge in [-0.1, -0.05) is 0 Å². The van der Waals surface area contributed by atoms with Crippen LogP contribution in [0.25, 0.3) is 0 Å². The molecule has 1 aliphatic rings. The van der Waals surface area contributed by atoms with Crippen molar-refractivity contribution in [3.05, 3.63) is 48.3 Å². The topological polar surface area (TPSA) is 56.8 Å². The summed E-state index contributed by atoms with van der Waals surface area (Å²) in [4.78, 5) is 35.2. The molecule has 0 radical (unpaired) electrons. The highest BCUT2D eigenvalue weighted by Gasteiger charge is 2.52. The van der Waals surface area contributed by atoms with Crippen molar-refractivity contribution in [3.63, 3.8) is 0 Å². The fourth-order valence-corrected chi connectivity index (χ4v) is 4.23. The Labute approximate surface area is 189 Å². The molecular weight excluding hydrogens is 441 g/mol. The van der Waals surface area contributed by atoms with E-state index in [2.05, 4.69) is 9.88 Å². The smallest absolute Gasteiger partial charge is 0.371 e. The lowest BCUT2D eigenvalue weighted by molar-refractivity contribution is -0.123. The molecule has 1 aromatic heterocycles. The van der Waals surface area contributed by atoms with E-state index in [0.29, 0.717) is 0 Å². The molecule has 172 valence electrons. The van der Waals surface area contributed by atoms with Crippen LogP contribution in [0.4, 0.5) is 29.3 Å². The first kappa shape index (κ1) is 23.9. The summed E-state index contributed by atoms with van der Waals surface area (Å²) in [6, 6.07) is 6.54. The molecule has 32 heavy (non-hydrogen) atoms. The van der Waals surface area contributed by atoms with Crippen LogP contribution < -0.4 is 9.80 Å². The van der Waals surface area contributed by atoms with Crippen LogP contribution in [0.15, 0.2) is 47.6 Å². The van der Waals surface area contributed by atoms with Gasteiger partial charge in [0.1, 0.15) is 5.54 Å². The van der Waals surface area contributed by atoms with Crippen LogP contribution in [0.2, 0.25) is 0 Å². The fraction of sp³-hybridized carbons (Fsp3) is 0.409. The lowest BCUT2D eigenvalue weighted by Gasteiger charge is -2.30. The molecule has 0 saturated carbocycles. The van der Waals surface area contributed by atoms with Crippen molar-refractivity contribution < 1.29 is 22.8 Å². The number of benzene rings is 1. The number of carbonyl (C=O) groups excluding carboxylic acids is 2. The van der Waals surface area contributed by atoms with Crippen molar-refractivity contribution in [3.8, 4) is 0 Å². The highest BCUT2D eigenvalue weighted by molar-refractivity contribution is 8.00. The van der Waals surface area contributed by atoms with Crippen LogP contribution in [0, 0.1) is 0 Å². The number of hydrogen-bond donors (Lipinski definition) is 0. The molecule has 2 aromatic rings. The third-order valence-corrected chi connectivity index (χ3v) is 6.21. The molecule has 0 atom stereocenters. The summed E-state index contributed by atoms with van der Waals surface area (Å²) < 4.78 is 37.8. The second-order valence-corrected chi connectivity index (χ2v) is 8.93. The zero-order valence-electron chi connectivity index (χ0n) is 18.3. The van der Waals surface area contributed by atoms with E-state index in [9.17, 15) is 22.8 Å². The van der Waals surface area contributed by atoms with Crippen LogP contribution in [0.3, 0.4) is 0 Å². The van der Waals surface area contributed by atoms with Gasteiger partial charge in [0, 0.05) is 24.2 Å². The standard InChI is InChI=1S/C22H25F3N4O2S/c1-5-27(6-2)18-13-26-12-11-15(18)14-28-20(31)29(19(30)21(28,3)4)16-7-9-17(10-8-16)32-22(23,24)25/h7-13H,5-6,14H2,1-4H3. The van der Waals surface area contributed by atoms with E-state index >= 15 is 0 Å². The van der Waals surface area contributed by atoms with Crippen molar-refractivity contribution in [2.24, 2.45) is 0 Å². The molecule has 3 amide bonds.